The van der Waals surface area contributed by atoms with E-state index in [1.54, 1.807) is 6.20 Å². The molecule has 2 aromatic carbocycles. The van der Waals surface area contributed by atoms with Crippen LogP contribution in [0.3, 0.4) is 0 Å². The molecule has 20 heavy (non-hydrogen) atoms. The Morgan fingerprint density at radius 1 is 1.00 bits per heavy atom. The fraction of sp³-hybridized carbons (Fsp3) is 0.0625. The Morgan fingerprint density at radius 2 is 1.75 bits per heavy atom. The molecule has 0 aliphatic carbocycles. The maximum atomic E-state index is 6.43. The van der Waals surface area contributed by atoms with E-state index in [4.69, 9.17) is 5.73 Å². The van der Waals surface area contributed by atoms with Crippen molar-refractivity contribution >= 4 is 42.6 Å². The lowest BCUT2D eigenvalue weighted by Crippen LogP contribution is -2.14. The van der Waals surface area contributed by atoms with Crippen LogP contribution in [-0.4, -0.2) is 4.98 Å². The fourth-order valence-electron chi connectivity index (χ4n) is 2.32. The van der Waals surface area contributed by atoms with Gasteiger partial charge in [-0.3, -0.25) is 4.98 Å². The summed E-state index contributed by atoms with van der Waals surface area (Å²) in [5.74, 6) is 0. The molecule has 1 aromatic heterocycles. The zero-order chi connectivity index (χ0) is 14.1. The fourth-order valence-corrected chi connectivity index (χ4v) is 3.56. The maximum absolute atomic E-state index is 6.43. The highest BCUT2D eigenvalue weighted by molar-refractivity contribution is 9.11. The van der Waals surface area contributed by atoms with E-state index < -0.39 is 0 Å². The molecule has 1 heterocycles. The summed E-state index contributed by atoms with van der Waals surface area (Å²) in [4.78, 5) is 4.44. The van der Waals surface area contributed by atoms with Crippen molar-refractivity contribution in [2.45, 2.75) is 6.04 Å². The second-order valence-corrected chi connectivity index (χ2v) is 6.34. The molecular formula is C16H12Br2N2. The molecule has 4 heteroatoms. The number of fused-ring (bicyclic) bond motifs is 1. The summed E-state index contributed by atoms with van der Waals surface area (Å²) in [5.41, 5.74) is 8.35. The van der Waals surface area contributed by atoms with Crippen molar-refractivity contribution in [3.63, 3.8) is 0 Å². The maximum Gasteiger partial charge on any atom is 0.0759 e. The third-order valence-corrected chi connectivity index (χ3v) is 4.36. The van der Waals surface area contributed by atoms with Crippen LogP contribution >= 0.6 is 31.9 Å². The van der Waals surface area contributed by atoms with Crippen molar-refractivity contribution in [3.05, 3.63) is 74.9 Å². The lowest BCUT2D eigenvalue weighted by Gasteiger charge is -2.16. The summed E-state index contributed by atoms with van der Waals surface area (Å²) in [7, 11) is 0. The minimum absolute atomic E-state index is 0.261. The van der Waals surface area contributed by atoms with Gasteiger partial charge in [0.25, 0.3) is 0 Å². The number of halogens is 2. The predicted molar refractivity (Wildman–Crippen MR) is 89.6 cm³/mol. The Bertz CT molecular complexity index is 766. The number of hydrogen-bond donors (Lipinski definition) is 1. The van der Waals surface area contributed by atoms with E-state index in [9.17, 15) is 0 Å². The van der Waals surface area contributed by atoms with Crippen LogP contribution in [0.15, 0.2) is 63.7 Å². The summed E-state index contributed by atoms with van der Waals surface area (Å²) in [5, 5.41) is 2.35. The topological polar surface area (TPSA) is 38.9 Å². The van der Waals surface area contributed by atoms with Crippen LogP contribution in [0.25, 0.3) is 10.8 Å². The zero-order valence-corrected chi connectivity index (χ0v) is 13.7. The van der Waals surface area contributed by atoms with Gasteiger partial charge >= 0.3 is 0 Å². The van der Waals surface area contributed by atoms with Crippen LogP contribution in [0.5, 0.6) is 0 Å². The average molecular weight is 392 g/mol. The van der Waals surface area contributed by atoms with E-state index >= 15 is 0 Å². The van der Waals surface area contributed by atoms with Crippen molar-refractivity contribution in [3.8, 4) is 0 Å². The van der Waals surface area contributed by atoms with Gasteiger partial charge in [0.2, 0.25) is 0 Å². The van der Waals surface area contributed by atoms with E-state index in [1.165, 1.54) is 10.8 Å². The van der Waals surface area contributed by atoms with E-state index in [0.717, 1.165) is 20.2 Å². The normalized spacial score (nSPS) is 12.6. The SMILES string of the molecule is NC(c1ncc(Br)cc1Br)c1cccc2ccccc12. The second kappa shape index (κ2) is 5.64. The van der Waals surface area contributed by atoms with Gasteiger partial charge in [-0.2, -0.15) is 0 Å². The average Bonchev–Trinajstić information content (AvgIpc) is 2.46. The molecule has 0 fully saturated rings. The van der Waals surface area contributed by atoms with Gasteiger partial charge < -0.3 is 5.73 Å². The molecule has 0 radical (unpaired) electrons. The standard InChI is InChI=1S/C16H12Br2N2/c17-11-8-14(18)16(20-9-11)15(19)13-7-3-5-10-4-1-2-6-12(10)13/h1-9,15H,19H2. The van der Waals surface area contributed by atoms with Crippen molar-refractivity contribution in [1.82, 2.24) is 4.98 Å². The van der Waals surface area contributed by atoms with Crippen LogP contribution in [0.2, 0.25) is 0 Å². The Morgan fingerprint density at radius 3 is 2.55 bits per heavy atom. The first-order chi connectivity index (χ1) is 9.66. The number of pyridine rings is 1. The highest BCUT2D eigenvalue weighted by atomic mass is 79.9. The molecule has 0 saturated carbocycles. The van der Waals surface area contributed by atoms with Gasteiger partial charge in [-0.25, -0.2) is 0 Å². The quantitative estimate of drug-likeness (QED) is 0.680. The van der Waals surface area contributed by atoms with Crippen molar-refractivity contribution in [2.75, 3.05) is 0 Å². The number of nitrogens with two attached hydrogens (primary N) is 1. The molecule has 0 bridgehead atoms. The summed E-state index contributed by atoms with van der Waals surface area (Å²) in [6.07, 6.45) is 1.77. The predicted octanol–water partition coefficient (Wildman–Crippen LogP) is 4.81. The molecule has 3 aromatic rings. The summed E-state index contributed by atoms with van der Waals surface area (Å²) >= 11 is 6.94. The van der Waals surface area contributed by atoms with Gasteiger partial charge in [-0.1, -0.05) is 42.5 Å². The number of hydrogen-bond acceptors (Lipinski definition) is 2. The van der Waals surface area contributed by atoms with Crippen molar-refractivity contribution in [1.29, 1.82) is 0 Å². The second-order valence-electron chi connectivity index (χ2n) is 4.57. The third-order valence-electron chi connectivity index (χ3n) is 3.29. The summed E-state index contributed by atoms with van der Waals surface area (Å²) in [6, 6.07) is 16.1. The number of rotatable bonds is 2. The Kier molecular flexibility index (Phi) is 3.87. The monoisotopic (exact) mass is 390 g/mol. The molecule has 2 N–H and O–H groups in total. The minimum atomic E-state index is -0.261. The molecule has 0 saturated heterocycles. The van der Waals surface area contributed by atoms with Crippen LogP contribution in [-0.2, 0) is 0 Å². The van der Waals surface area contributed by atoms with Crippen molar-refractivity contribution in [2.24, 2.45) is 5.73 Å². The first-order valence-electron chi connectivity index (χ1n) is 6.21. The zero-order valence-electron chi connectivity index (χ0n) is 10.6. The molecule has 3 rings (SSSR count). The number of nitrogens with zero attached hydrogens (tertiary/aromatic N) is 1. The van der Waals surface area contributed by atoms with Crippen LogP contribution in [0, 0.1) is 0 Å². The lowest BCUT2D eigenvalue weighted by molar-refractivity contribution is 0.828. The summed E-state index contributed by atoms with van der Waals surface area (Å²) < 4.78 is 1.84. The number of aromatic nitrogens is 1. The van der Waals surface area contributed by atoms with Gasteiger partial charge in [0.1, 0.15) is 0 Å². The third kappa shape index (κ3) is 2.51. The largest absolute Gasteiger partial charge is 0.319 e. The Balaban J connectivity index is 2.15. The van der Waals surface area contributed by atoms with Gasteiger partial charge in [0.05, 0.1) is 11.7 Å². The highest BCUT2D eigenvalue weighted by Gasteiger charge is 2.16. The van der Waals surface area contributed by atoms with Gasteiger partial charge in [0.15, 0.2) is 0 Å². The van der Waals surface area contributed by atoms with Crippen LogP contribution in [0.4, 0.5) is 0 Å². The first kappa shape index (κ1) is 13.7. The molecule has 2 nitrogen and oxygen atoms in total. The van der Waals surface area contributed by atoms with Gasteiger partial charge in [-0.15, -0.1) is 0 Å². The Labute approximate surface area is 134 Å². The summed E-state index contributed by atoms with van der Waals surface area (Å²) in [6.45, 7) is 0. The van der Waals surface area contributed by atoms with Gasteiger partial charge in [-0.05, 0) is 54.3 Å². The van der Waals surface area contributed by atoms with Crippen LogP contribution in [0.1, 0.15) is 17.3 Å². The molecule has 0 aliphatic rings. The van der Waals surface area contributed by atoms with Crippen molar-refractivity contribution < 1.29 is 0 Å². The highest BCUT2D eigenvalue weighted by Crippen LogP contribution is 2.31. The number of benzene rings is 2. The molecule has 0 amide bonds. The van der Waals surface area contributed by atoms with E-state index in [0.29, 0.717) is 0 Å². The first-order valence-corrected chi connectivity index (χ1v) is 7.79. The van der Waals surface area contributed by atoms with E-state index in [2.05, 4.69) is 61.1 Å². The molecule has 1 unspecified atom stereocenters. The molecule has 1 atom stereocenters. The Hall–Kier alpha value is -1.23. The lowest BCUT2D eigenvalue weighted by atomic mass is 9.97. The van der Waals surface area contributed by atoms with Gasteiger partial charge in [0, 0.05) is 15.1 Å². The van der Waals surface area contributed by atoms with E-state index in [-0.39, 0.29) is 6.04 Å². The van der Waals surface area contributed by atoms with E-state index in [1.807, 2.05) is 24.3 Å². The molecule has 0 aliphatic heterocycles. The molecule has 0 spiro atoms. The molecular weight excluding hydrogens is 380 g/mol. The smallest absolute Gasteiger partial charge is 0.0759 e. The minimum Gasteiger partial charge on any atom is -0.319 e. The van der Waals surface area contributed by atoms with Crippen LogP contribution < -0.4 is 5.73 Å². The molecule has 100 valence electrons.